The first kappa shape index (κ1) is 16.3. The fourth-order valence-electron chi connectivity index (χ4n) is 3.60. The highest BCUT2D eigenvalue weighted by Gasteiger charge is 2.48. The van der Waals surface area contributed by atoms with Gasteiger partial charge in [-0.2, -0.15) is 0 Å². The molecule has 1 aromatic rings. The molecule has 2 rings (SSSR count). The van der Waals surface area contributed by atoms with Crippen molar-refractivity contribution in [2.45, 2.75) is 77.8 Å². The van der Waals surface area contributed by atoms with E-state index in [1.807, 2.05) is 12.1 Å². The highest BCUT2D eigenvalue weighted by Crippen LogP contribution is 2.41. The molecule has 1 fully saturated rings. The third-order valence-electron chi connectivity index (χ3n) is 4.41. The highest BCUT2D eigenvalue weighted by molar-refractivity contribution is 5.40. The maximum absolute atomic E-state index is 6.27. The number of ether oxygens (including phenoxy) is 1. The van der Waals surface area contributed by atoms with Gasteiger partial charge in [0, 0.05) is 24.3 Å². The zero-order chi connectivity index (χ0) is 15.8. The Labute approximate surface area is 129 Å². The summed E-state index contributed by atoms with van der Waals surface area (Å²) in [4.78, 5) is 2.55. The molecule has 0 bridgehead atoms. The van der Waals surface area contributed by atoms with E-state index in [4.69, 9.17) is 10.5 Å². The molecule has 1 unspecified atom stereocenters. The van der Waals surface area contributed by atoms with Crippen LogP contribution in [0.5, 0.6) is 0 Å². The quantitative estimate of drug-likeness (QED) is 0.857. The SMILES string of the molecule is CC(C)N(Cc1cccc(N)c1)C1CC(C)(C)OC1(C)C. The van der Waals surface area contributed by atoms with Gasteiger partial charge in [0.25, 0.3) is 0 Å². The molecule has 0 aromatic heterocycles. The smallest absolute Gasteiger partial charge is 0.0789 e. The molecule has 0 spiro atoms. The van der Waals surface area contributed by atoms with Gasteiger partial charge in [-0.3, -0.25) is 4.90 Å². The largest absolute Gasteiger partial charge is 0.399 e. The van der Waals surface area contributed by atoms with Crippen LogP contribution in [0.1, 0.15) is 53.5 Å². The number of nitrogens with two attached hydrogens (primary N) is 1. The van der Waals surface area contributed by atoms with E-state index < -0.39 is 0 Å². The van der Waals surface area contributed by atoms with Crippen LogP contribution in [0.15, 0.2) is 24.3 Å². The molecule has 3 nitrogen and oxygen atoms in total. The number of hydrogen-bond donors (Lipinski definition) is 1. The lowest BCUT2D eigenvalue weighted by Crippen LogP contribution is -2.49. The first-order chi connectivity index (χ1) is 9.61. The molecular formula is C18H30N2O. The summed E-state index contributed by atoms with van der Waals surface area (Å²) >= 11 is 0. The molecule has 1 aliphatic rings. The molecule has 0 radical (unpaired) electrons. The van der Waals surface area contributed by atoms with Crippen LogP contribution in [-0.2, 0) is 11.3 Å². The number of benzene rings is 1. The van der Waals surface area contributed by atoms with Gasteiger partial charge >= 0.3 is 0 Å². The molecule has 1 aliphatic heterocycles. The summed E-state index contributed by atoms with van der Waals surface area (Å²) < 4.78 is 6.27. The van der Waals surface area contributed by atoms with Crippen LogP contribution in [0.4, 0.5) is 5.69 Å². The molecule has 1 atom stereocenters. The van der Waals surface area contributed by atoms with E-state index in [1.54, 1.807) is 0 Å². The minimum Gasteiger partial charge on any atom is -0.399 e. The van der Waals surface area contributed by atoms with Crippen LogP contribution < -0.4 is 5.73 Å². The second kappa shape index (κ2) is 5.62. The average Bonchev–Trinajstić information content (AvgIpc) is 2.54. The lowest BCUT2D eigenvalue weighted by atomic mass is 9.91. The second-order valence-corrected chi connectivity index (χ2v) is 7.70. The summed E-state index contributed by atoms with van der Waals surface area (Å²) in [5, 5.41) is 0. The summed E-state index contributed by atoms with van der Waals surface area (Å²) in [6, 6.07) is 9.07. The Hall–Kier alpha value is -1.06. The molecule has 118 valence electrons. The standard InChI is InChI=1S/C18H30N2O/c1-13(2)20(12-14-8-7-9-15(19)10-14)16-11-17(3,4)21-18(16,5)6/h7-10,13,16H,11-12,19H2,1-6H3. The van der Waals surface area contributed by atoms with E-state index in [0.717, 1.165) is 18.7 Å². The average molecular weight is 290 g/mol. The van der Waals surface area contributed by atoms with Crippen LogP contribution in [-0.4, -0.2) is 28.2 Å². The topological polar surface area (TPSA) is 38.5 Å². The van der Waals surface area contributed by atoms with Crippen LogP contribution in [0.3, 0.4) is 0 Å². The third kappa shape index (κ3) is 3.78. The number of anilines is 1. The Balaban J connectivity index is 2.23. The predicted octanol–water partition coefficient (Wildman–Crippen LogP) is 3.83. The maximum atomic E-state index is 6.27. The molecule has 3 heteroatoms. The molecule has 1 aromatic carbocycles. The van der Waals surface area contributed by atoms with Crippen molar-refractivity contribution in [1.82, 2.24) is 4.90 Å². The van der Waals surface area contributed by atoms with E-state index in [1.165, 1.54) is 5.56 Å². The van der Waals surface area contributed by atoms with Crippen molar-refractivity contribution in [1.29, 1.82) is 0 Å². The summed E-state index contributed by atoms with van der Waals surface area (Å²) in [6.45, 7) is 14.2. The van der Waals surface area contributed by atoms with Gasteiger partial charge in [0.05, 0.1) is 11.2 Å². The Morgan fingerprint density at radius 1 is 1.29 bits per heavy atom. The van der Waals surface area contributed by atoms with Crippen molar-refractivity contribution < 1.29 is 4.74 Å². The summed E-state index contributed by atoms with van der Waals surface area (Å²) in [5.74, 6) is 0. The number of nitrogen functional groups attached to an aromatic ring is 1. The maximum Gasteiger partial charge on any atom is 0.0789 e. The van der Waals surface area contributed by atoms with Gasteiger partial charge in [0.2, 0.25) is 0 Å². The van der Waals surface area contributed by atoms with Crippen LogP contribution in [0, 0.1) is 0 Å². The number of nitrogens with zero attached hydrogens (tertiary/aromatic N) is 1. The number of hydrogen-bond acceptors (Lipinski definition) is 3. The Kier molecular flexibility index (Phi) is 4.36. The predicted molar refractivity (Wildman–Crippen MR) is 89.2 cm³/mol. The monoisotopic (exact) mass is 290 g/mol. The zero-order valence-electron chi connectivity index (χ0n) is 14.3. The van der Waals surface area contributed by atoms with Crippen LogP contribution in [0.25, 0.3) is 0 Å². The number of rotatable bonds is 4. The van der Waals surface area contributed by atoms with Crippen molar-refractivity contribution >= 4 is 5.69 Å². The first-order valence-corrected chi connectivity index (χ1v) is 7.91. The molecule has 1 saturated heterocycles. The minimum absolute atomic E-state index is 0.0585. The second-order valence-electron chi connectivity index (χ2n) is 7.70. The van der Waals surface area contributed by atoms with E-state index in [2.05, 4.69) is 58.6 Å². The van der Waals surface area contributed by atoms with Gasteiger partial charge in [0.15, 0.2) is 0 Å². The highest BCUT2D eigenvalue weighted by atomic mass is 16.5. The summed E-state index contributed by atoms with van der Waals surface area (Å²) in [6.07, 6.45) is 1.06. The fourth-order valence-corrected chi connectivity index (χ4v) is 3.60. The Morgan fingerprint density at radius 2 is 1.95 bits per heavy atom. The lowest BCUT2D eigenvalue weighted by molar-refractivity contribution is -0.0840. The van der Waals surface area contributed by atoms with E-state index >= 15 is 0 Å². The Bertz CT molecular complexity index is 494. The van der Waals surface area contributed by atoms with E-state index in [0.29, 0.717) is 12.1 Å². The van der Waals surface area contributed by atoms with Crippen LogP contribution in [0.2, 0.25) is 0 Å². The van der Waals surface area contributed by atoms with Gasteiger partial charge in [-0.15, -0.1) is 0 Å². The van der Waals surface area contributed by atoms with Crippen molar-refractivity contribution in [2.24, 2.45) is 0 Å². The molecule has 0 aliphatic carbocycles. The van der Waals surface area contributed by atoms with Gasteiger partial charge < -0.3 is 10.5 Å². The van der Waals surface area contributed by atoms with Crippen molar-refractivity contribution in [3.05, 3.63) is 29.8 Å². The third-order valence-corrected chi connectivity index (χ3v) is 4.41. The summed E-state index contributed by atoms with van der Waals surface area (Å²) in [7, 11) is 0. The van der Waals surface area contributed by atoms with E-state index in [-0.39, 0.29) is 11.2 Å². The van der Waals surface area contributed by atoms with Crippen molar-refractivity contribution in [2.75, 3.05) is 5.73 Å². The van der Waals surface area contributed by atoms with Crippen molar-refractivity contribution in [3.63, 3.8) is 0 Å². The molecule has 0 saturated carbocycles. The fraction of sp³-hybridized carbons (Fsp3) is 0.667. The summed E-state index contributed by atoms with van der Waals surface area (Å²) in [5.41, 5.74) is 7.83. The lowest BCUT2D eigenvalue weighted by Gasteiger charge is -2.39. The Morgan fingerprint density at radius 3 is 2.43 bits per heavy atom. The van der Waals surface area contributed by atoms with Gasteiger partial charge in [-0.25, -0.2) is 0 Å². The molecule has 2 N–H and O–H groups in total. The molecular weight excluding hydrogens is 260 g/mol. The zero-order valence-corrected chi connectivity index (χ0v) is 14.3. The van der Waals surface area contributed by atoms with Gasteiger partial charge in [0.1, 0.15) is 0 Å². The van der Waals surface area contributed by atoms with Gasteiger partial charge in [-0.1, -0.05) is 12.1 Å². The van der Waals surface area contributed by atoms with Gasteiger partial charge in [-0.05, 0) is 65.7 Å². The van der Waals surface area contributed by atoms with E-state index in [9.17, 15) is 0 Å². The molecule has 1 heterocycles. The van der Waals surface area contributed by atoms with Crippen LogP contribution >= 0.6 is 0 Å². The minimum atomic E-state index is -0.131. The molecule has 21 heavy (non-hydrogen) atoms. The molecule has 0 amide bonds. The van der Waals surface area contributed by atoms with Crippen molar-refractivity contribution in [3.8, 4) is 0 Å². The first-order valence-electron chi connectivity index (χ1n) is 7.91. The normalized spacial score (nSPS) is 23.9.